The zero-order valence-corrected chi connectivity index (χ0v) is 13.6. The van der Waals surface area contributed by atoms with Crippen molar-refractivity contribution in [3.8, 4) is 0 Å². The predicted molar refractivity (Wildman–Crippen MR) is 83.8 cm³/mol. The zero-order valence-electron chi connectivity index (χ0n) is 11.2. The first-order valence-electron chi connectivity index (χ1n) is 6.32. The topological polar surface area (TPSA) is 55.7 Å². The van der Waals surface area contributed by atoms with Gasteiger partial charge in [-0.3, -0.25) is 4.28 Å². The summed E-state index contributed by atoms with van der Waals surface area (Å²) in [5.41, 5.74) is 3.68. The van der Waals surface area contributed by atoms with Gasteiger partial charge in [-0.1, -0.05) is 44.8 Å². The molecule has 21 heavy (non-hydrogen) atoms. The third-order valence-corrected chi connectivity index (χ3v) is 4.90. The molecular formula is C15H12BrNO3S. The lowest BCUT2D eigenvalue weighted by Gasteiger charge is -2.20. The number of halogens is 1. The fourth-order valence-corrected chi connectivity index (χ4v) is 3.23. The summed E-state index contributed by atoms with van der Waals surface area (Å²) in [6.07, 6.45) is 0.609. The van der Waals surface area contributed by atoms with Crippen molar-refractivity contribution in [3.63, 3.8) is 0 Å². The van der Waals surface area contributed by atoms with Crippen LogP contribution >= 0.6 is 15.9 Å². The molecule has 2 aromatic rings. The van der Waals surface area contributed by atoms with Crippen molar-refractivity contribution in [1.82, 2.24) is 0 Å². The summed E-state index contributed by atoms with van der Waals surface area (Å²) in [5.74, 6) is 0. The van der Waals surface area contributed by atoms with Crippen LogP contribution in [0.15, 0.2) is 57.0 Å². The van der Waals surface area contributed by atoms with Crippen LogP contribution in [0, 0.1) is 6.92 Å². The molecule has 0 heterocycles. The number of fused-ring (bicyclic) bond motifs is 1. The van der Waals surface area contributed by atoms with Gasteiger partial charge in [0, 0.05) is 16.5 Å². The monoisotopic (exact) mass is 365 g/mol. The Kier molecular flexibility index (Phi) is 3.59. The van der Waals surface area contributed by atoms with Gasteiger partial charge in [-0.2, -0.15) is 8.42 Å². The van der Waals surface area contributed by atoms with Crippen LogP contribution < -0.4 is 0 Å². The van der Waals surface area contributed by atoms with Crippen molar-refractivity contribution >= 4 is 31.8 Å². The smallest absolute Gasteiger partial charge is 0.264 e. The minimum absolute atomic E-state index is 0.104. The summed E-state index contributed by atoms with van der Waals surface area (Å²) in [4.78, 5) is 0.104. The first-order chi connectivity index (χ1) is 9.95. The number of benzene rings is 2. The number of hydrogen-bond donors (Lipinski definition) is 0. The first kappa shape index (κ1) is 14.3. The Balaban J connectivity index is 1.80. The zero-order chi connectivity index (χ0) is 15.0. The van der Waals surface area contributed by atoms with Gasteiger partial charge in [-0.25, -0.2) is 0 Å². The first-order valence-corrected chi connectivity index (χ1v) is 8.52. The SMILES string of the molecule is Cc1ccc(S(=O)(=O)ON=C2Cc3cc(Br)ccc32)cc1. The maximum atomic E-state index is 12.0. The highest BCUT2D eigenvalue weighted by Gasteiger charge is 2.23. The van der Waals surface area contributed by atoms with E-state index < -0.39 is 10.1 Å². The Morgan fingerprint density at radius 3 is 2.52 bits per heavy atom. The number of aryl methyl sites for hydroxylation is 1. The van der Waals surface area contributed by atoms with E-state index in [2.05, 4.69) is 21.1 Å². The second-order valence-corrected chi connectivity index (χ2v) is 7.30. The molecule has 1 aliphatic rings. The molecule has 0 spiro atoms. The Bertz CT molecular complexity index is 826. The van der Waals surface area contributed by atoms with E-state index >= 15 is 0 Å². The van der Waals surface area contributed by atoms with Gasteiger partial charge < -0.3 is 0 Å². The summed E-state index contributed by atoms with van der Waals surface area (Å²) in [5, 5.41) is 3.78. The lowest BCUT2D eigenvalue weighted by molar-refractivity contribution is 0.337. The Labute approximate surface area is 131 Å². The Morgan fingerprint density at radius 2 is 1.86 bits per heavy atom. The van der Waals surface area contributed by atoms with Gasteiger partial charge in [0.2, 0.25) is 0 Å². The van der Waals surface area contributed by atoms with Crippen LogP contribution in [0.1, 0.15) is 16.7 Å². The highest BCUT2D eigenvalue weighted by Crippen LogP contribution is 2.27. The highest BCUT2D eigenvalue weighted by molar-refractivity contribution is 9.10. The standard InChI is InChI=1S/C15H12BrNO3S/c1-10-2-5-13(6-3-10)21(18,19)20-17-15-9-11-8-12(16)4-7-14(11)15/h2-8H,9H2,1H3. The predicted octanol–water partition coefficient (Wildman–Crippen LogP) is 3.42. The molecule has 0 saturated carbocycles. The molecule has 0 radical (unpaired) electrons. The van der Waals surface area contributed by atoms with E-state index in [9.17, 15) is 8.42 Å². The van der Waals surface area contributed by atoms with E-state index in [4.69, 9.17) is 4.28 Å². The molecule has 2 aromatic carbocycles. The molecule has 6 heteroatoms. The van der Waals surface area contributed by atoms with E-state index in [1.165, 1.54) is 12.1 Å². The Hall–Kier alpha value is -1.66. The van der Waals surface area contributed by atoms with Crippen LogP contribution in [0.25, 0.3) is 0 Å². The average molecular weight is 366 g/mol. The number of oxime groups is 1. The van der Waals surface area contributed by atoms with E-state index in [-0.39, 0.29) is 4.90 Å². The van der Waals surface area contributed by atoms with Crippen LogP contribution in [0.4, 0.5) is 0 Å². The quantitative estimate of drug-likeness (QED) is 0.783. The molecule has 0 aromatic heterocycles. The van der Waals surface area contributed by atoms with Gasteiger partial charge in [-0.15, -0.1) is 0 Å². The average Bonchev–Trinajstić information content (AvgIpc) is 2.41. The molecule has 0 fully saturated rings. The van der Waals surface area contributed by atoms with Gasteiger partial charge in [0.25, 0.3) is 0 Å². The van der Waals surface area contributed by atoms with Crippen LogP contribution in [0.3, 0.4) is 0 Å². The van der Waals surface area contributed by atoms with Crippen molar-refractivity contribution in [1.29, 1.82) is 0 Å². The van der Waals surface area contributed by atoms with Crippen LogP contribution in [-0.2, 0) is 20.8 Å². The summed E-state index contributed by atoms with van der Waals surface area (Å²) in [7, 11) is -3.86. The van der Waals surface area contributed by atoms with Crippen molar-refractivity contribution in [2.24, 2.45) is 5.16 Å². The van der Waals surface area contributed by atoms with Crippen molar-refractivity contribution in [3.05, 3.63) is 63.6 Å². The molecule has 0 bridgehead atoms. The molecule has 0 unspecified atom stereocenters. The largest absolute Gasteiger partial charge is 0.358 e. The number of hydrogen-bond acceptors (Lipinski definition) is 4. The summed E-state index contributed by atoms with van der Waals surface area (Å²) >= 11 is 3.39. The number of nitrogens with zero attached hydrogens (tertiary/aromatic N) is 1. The summed E-state index contributed by atoms with van der Waals surface area (Å²) in [6.45, 7) is 1.89. The molecule has 108 valence electrons. The minimum Gasteiger partial charge on any atom is -0.264 e. The molecule has 0 saturated heterocycles. The van der Waals surface area contributed by atoms with E-state index in [1.54, 1.807) is 12.1 Å². The molecule has 3 rings (SSSR count). The maximum Gasteiger partial charge on any atom is 0.358 e. The van der Waals surface area contributed by atoms with Gasteiger partial charge in [0.1, 0.15) is 4.90 Å². The van der Waals surface area contributed by atoms with Gasteiger partial charge >= 0.3 is 10.1 Å². The third kappa shape index (κ3) is 2.87. The van der Waals surface area contributed by atoms with Crippen molar-refractivity contribution in [2.45, 2.75) is 18.2 Å². The highest BCUT2D eigenvalue weighted by atomic mass is 79.9. The number of rotatable bonds is 3. The van der Waals surface area contributed by atoms with Crippen molar-refractivity contribution in [2.75, 3.05) is 0 Å². The van der Waals surface area contributed by atoms with Gasteiger partial charge in [-0.05, 0) is 36.8 Å². The molecule has 0 aliphatic heterocycles. The van der Waals surface area contributed by atoms with Gasteiger partial charge in [0.05, 0.1) is 5.71 Å². The molecule has 0 N–H and O–H groups in total. The van der Waals surface area contributed by atoms with E-state index in [0.29, 0.717) is 12.1 Å². The summed E-state index contributed by atoms with van der Waals surface area (Å²) < 4.78 is 29.8. The van der Waals surface area contributed by atoms with Gasteiger partial charge in [0.15, 0.2) is 0 Å². The molecule has 0 amide bonds. The van der Waals surface area contributed by atoms with Crippen LogP contribution in [-0.4, -0.2) is 14.1 Å². The van der Waals surface area contributed by atoms with Crippen LogP contribution in [0.5, 0.6) is 0 Å². The second-order valence-electron chi connectivity index (χ2n) is 4.86. The maximum absolute atomic E-state index is 12.0. The van der Waals surface area contributed by atoms with E-state index in [1.807, 2.05) is 25.1 Å². The van der Waals surface area contributed by atoms with Crippen LogP contribution in [0.2, 0.25) is 0 Å². The lowest BCUT2D eigenvalue weighted by Crippen LogP contribution is -2.20. The Morgan fingerprint density at radius 1 is 1.14 bits per heavy atom. The fraction of sp³-hybridized carbons (Fsp3) is 0.133. The minimum atomic E-state index is -3.86. The molecule has 1 aliphatic carbocycles. The van der Waals surface area contributed by atoms with Crippen molar-refractivity contribution < 1.29 is 12.7 Å². The molecular weight excluding hydrogens is 354 g/mol. The molecule has 0 atom stereocenters. The summed E-state index contributed by atoms with van der Waals surface area (Å²) in [6, 6.07) is 12.2. The normalized spacial score (nSPS) is 15.4. The second kappa shape index (κ2) is 5.27. The fourth-order valence-electron chi connectivity index (χ4n) is 2.08. The lowest BCUT2D eigenvalue weighted by atomic mass is 9.87. The molecule has 4 nitrogen and oxygen atoms in total. The van der Waals surface area contributed by atoms with E-state index in [0.717, 1.165) is 21.2 Å². The third-order valence-electron chi connectivity index (χ3n) is 3.29.